The molecular weight excluding hydrogens is 433 g/mol. The van der Waals surface area contributed by atoms with Gasteiger partial charge in [0, 0.05) is 41.0 Å². The Hall–Kier alpha value is -2.95. The van der Waals surface area contributed by atoms with Crippen LogP contribution >= 0.6 is 23.2 Å². The monoisotopic (exact) mass is 453 g/mol. The number of benzene rings is 3. The first-order valence-corrected chi connectivity index (χ1v) is 10.5. The standard InChI is InChI=1S/C25H21Cl2NO3/c1-15-22(30-14-19-20(26)5-4-6-21(19)27)12-11-18-24(29)23(31-25(15)18)13-16-7-9-17(10-8-16)28(2)3/h4-13H,14H2,1-3H3/b23-13-. The molecule has 0 bridgehead atoms. The normalized spacial score (nSPS) is 13.8. The van der Waals surface area contributed by atoms with Gasteiger partial charge in [0.25, 0.3) is 0 Å². The van der Waals surface area contributed by atoms with E-state index >= 15 is 0 Å². The van der Waals surface area contributed by atoms with Gasteiger partial charge in [0.1, 0.15) is 18.1 Å². The molecule has 1 heterocycles. The van der Waals surface area contributed by atoms with Crippen molar-refractivity contribution >= 4 is 40.7 Å². The van der Waals surface area contributed by atoms with E-state index in [0.717, 1.165) is 16.8 Å². The Morgan fingerprint density at radius 3 is 2.32 bits per heavy atom. The molecule has 6 heteroatoms. The molecule has 0 atom stereocenters. The molecule has 0 aliphatic carbocycles. The number of carbonyl (C=O) groups is 1. The first-order valence-electron chi connectivity index (χ1n) is 9.76. The van der Waals surface area contributed by atoms with Gasteiger partial charge in [-0.3, -0.25) is 4.79 Å². The summed E-state index contributed by atoms with van der Waals surface area (Å²) in [6.07, 6.45) is 1.76. The van der Waals surface area contributed by atoms with Crippen LogP contribution in [0.2, 0.25) is 10.0 Å². The van der Waals surface area contributed by atoms with Gasteiger partial charge in [0.05, 0.1) is 5.56 Å². The van der Waals surface area contributed by atoms with Crippen molar-refractivity contribution in [2.24, 2.45) is 0 Å². The molecule has 0 amide bonds. The number of halogens is 2. The second-order valence-electron chi connectivity index (χ2n) is 7.48. The number of rotatable bonds is 5. The number of hydrogen-bond donors (Lipinski definition) is 0. The maximum atomic E-state index is 12.8. The van der Waals surface area contributed by atoms with Gasteiger partial charge in [-0.1, -0.05) is 41.4 Å². The summed E-state index contributed by atoms with van der Waals surface area (Å²) in [5.74, 6) is 1.28. The minimum atomic E-state index is -0.143. The Balaban J connectivity index is 1.56. The molecule has 4 nitrogen and oxygen atoms in total. The van der Waals surface area contributed by atoms with Gasteiger partial charge < -0.3 is 14.4 Å². The zero-order chi connectivity index (χ0) is 22.1. The summed E-state index contributed by atoms with van der Waals surface area (Å²) in [6.45, 7) is 2.08. The second kappa shape index (κ2) is 8.66. The van der Waals surface area contributed by atoms with Crippen molar-refractivity contribution in [3.05, 3.63) is 92.7 Å². The van der Waals surface area contributed by atoms with E-state index in [4.69, 9.17) is 32.7 Å². The summed E-state index contributed by atoms with van der Waals surface area (Å²) in [7, 11) is 3.96. The van der Waals surface area contributed by atoms with Crippen LogP contribution < -0.4 is 14.4 Å². The maximum absolute atomic E-state index is 12.8. The highest BCUT2D eigenvalue weighted by Gasteiger charge is 2.30. The van der Waals surface area contributed by atoms with Crippen LogP contribution in [0.4, 0.5) is 5.69 Å². The van der Waals surface area contributed by atoms with E-state index in [-0.39, 0.29) is 12.4 Å². The van der Waals surface area contributed by atoms with Crippen LogP contribution in [0.1, 0.15) is 27.0 Å². The number of carbonyl (C=O) groups excluding carboxylic acids is 1. The van der Waals surface area contributed by atoms with Crippen LogP contribution in [0.3, 0.4) is 0 Å². The fraction of sp³-hybridized carbons (Fsp3) is 0.160. The SMILES string of the molecule is Cc1c(OCc2c(Cl)cccc2Cl)ccc2c1O/C(=C\c1ccc(N(C)C)cc1)C2=O. The fourth-order valence-electron chi connectivity index (χ4n) is 3.36. The molecule has 158 valence electrons. The van der Waals surface area contributed by atoms with Crippen molar-refractivity contribution < 1.29 is 14.3 Å². The molecule has 0 N–H and O–H groups in total. The molecule has 0 saturated heterocycles. The van der Waals surface area contributed by atoms with E-state index < -0.39 is 0 Å². The smallest absolute Gasteiger partial charge is 0.231 e. The van der Waals surface area contributed by atoms with Crippen molar-refractivity contribution in [1.82, 2.24) is 0 Å². The second-order valence-corrected chi connectivity index (χ2v) is 8.29. The number of allylic oxidation sites excluding steroid dienone is 1. The molecule has 0 unspecified atom stereocenters. The van der Waals surface area contributed by atoms with E-state index in [9.17, 15) is 4.79 Å². The highest BCUT2D eigenvalue weighted by Crippen LogP contribution is 2.40. The van der Waals surface area contributed by atoms with E-state index in [1.54, 1.807) is 36.4 Å². The highest BCUT2D eigenvalue weighted by atomic mass is 35.5. The minimum absolute atomic E-state index is 0.143. The lowest BCUT2D eigenvalue weighted by Crippen LogP contribution is -2.08. The van der Waals surface area contributed by atoms with Gasteiger partial charge in [-0.15, -0.1) is 0 Å². The molecule has 3 aromatic carbocycles. The predicted molar refractivity (Wildman–Crippen MR) is 126 cm³/mol. The van der Waals surface area contributed by atoms with Crippen molar-refractivity contribution in [2.45, 2.75) is 13.5 Å². The molecule has 0 saturated carbocycles. The van der Waals surface area contributed by atoms with Crippen LogP contribution in [0.25, 0.3) is 6.08 Å². The largest absolute Gasteiger partial charge is 0.488 e. The number of ketones is 1. The predicted octanol–water partition coefficient (Wildman–Crippen LogP) is 6.56. The van der Waals surface area contributed by atoms with Gasteiger partial charge >= 0.3 is 0 Å². The molecule has 0 spiro atoms. The lowest BCUT2D eigenvalue weighted by molar-refractivity contribution is 0.101. The van der Waals surface area contributed by atoms with Crippen molar-refractivity contribution in [1.29, 1.82) is 0 Å². The Bertz CT molecular complexity index is 1160. The van der Waals surface area contributed by atoms with Gasteiger partial charge in [-0.2, -0.15) is 0 Å². The van der Waals surface area contributed by atoms with Gasteiger partial charge in [-0.05, 0) is 55.0 Å². The quantitative estimate of drug-likeness (QED) is 0.409. The third-order valence-corrected chi connectivity index (χ3v) is 5.89. The molecule has 1 aliphatic heterocycles. The first-order chi connectivity index (χ1) is 14.8. The number of fused-ring (bicyclic) bond motifs is 1. The van der Waals surface area contributed by atoms with Crippen molar-refractivity contribution in [2.75, 3.05) is 19.0 Å². The van der Waals surface area contributed by atoms with Crippen molar-refractivity contribution in [3.8, 4) is 11.5 Å². The summed E-state index contributed by atoms with van der Waals surface area (Å²) in [5, 5.41) is 1.09. The van der Waals surface area contributed by atoms with E-state index in [2.05, 4.69) is 0 Å². The molecule has 31 heavy (non-hydrogen) atoms. The summed E-state index contributed by atoms with van der Waals surface area (Å²) < 4.78 is 11.9. The molecule has 3 aromatic rings. The molecule has 1 aliphatic rings. The van der Waals surface area contributed by atoms with Crippen LogP contribution in [-0.2, 0) is 6.61 Å². The van der Waals surface area contributed by atoms with Gasteiger partial charge in [0.15, 0.2) is 5.76 Å². The third kappa shape index (κ3) is 4.27. The third-order valence-electron chi connectivity index (χ3n) is 5.18. The zero-order valence-electron chi connectivity index (χ0n) is 17.4. The van der Waals surface area contributed by atoms with E-state index in [0.29, 0.717) is 38.4 Å². The molecule has 0 aromatic heterocycles. The Kier molecular flexibility index (Phi) is 5.94. The number of ether oxygens (including phenoxy) is 2. The number of Topliss-reactive ketones (excluding diaryl/α,β-unsaturated/α-hetero) is 1. The lowest BCUT2D eigenvalue weighted by Gasteiger charge is -2.13. The van der Waals surface area contributed by atoms with Crippen LogP contribution in [-0.4, -0.2) is 19.9 Å². The Morgan fingerprint density at radius 1 is 1.00 bits per heavy atom. The van der Waals surface area contributed by atoms with Gasteiger partial charge in [-0.25, -0.2) is 0 Å². The average molecular weight is 454 g/mol. The Morgan fingerprint density at radius 2 is 1.68 bits per heavy atom. The summed E-state index contributed by atoms with van der Waals surface area (Å²) in [6, 6.07) is 16.7. The van der Waals surface area contributed by atoms with Gasteiger partial charge in [0.2, 0.25) is 5.78 Å². The summed E-state index contributed by atoms with van der Waals surface area (Å²) in [5.41, 5.74) is 3.96. The summed E-state index contributed by atoms with van der Waals surface area (Å²) in [4.78, 5) is 14.8. The lowest BCUT2D eigenvalue weighted by atomic mass is 10.1. The van der Waals surface area contributed by atoms with E-state index in [1.165, 1.54) is 0 Å². The molecule has 0 fully saturated rings. The Labute approximate surface area is 191 Å². The average Bonchev–Trinajstić information content (AvgIpc) is 3.06. The molecular formula is C25H21Cl2NO3. The van der Waals surface area contributed by atoms with Crippen LogP contribution in [0.5, 0.6) is 11.5 Å². The fourth-order valence-corrected chi connectivity index (χ4v) is 3.87. The topological polar surface area (TPSA) is 38.8 Å². The molecule has 4 rings (SSSR count). The van der Waals surface area contributed by atoms with Crippen molar-refractivity contribution in [3.63, 3.8) is 0 Å². The number of nitrogens with zero attached hydrogens (tertiary/aromatic N) is 1. The van der Waals surface area contributed by atoms with Crippen LogP contribution in [0, 0.1) is 6.92 Å². The maximum Gasteiger partial charge on any atom is 0.231 e. The van der Waals surface area contributed by atoms with Crippen LogP contribution in [0.15, 0.2) is 60.4 Å². The zero-order valence-corrected chi connectivity index (χ0v) is 18.9. The number of hydrogen-bond acceptors (Lipinski definition) is 4. The number of anilines is 1. The van der Waals surface area contributed by atoms with E-state index in [1.807, 2.05) is 50.2 Å². The summed E-state index contributed by atoms with van der Waals surface area (Å²) >= 11 is 12.5. The highest BCUT2D eigenvalue weighted by molar-refractivity contribution is 6.35. The first kappa shape index (κ1) is 21.3. The molecule has 0 radical (unpaired) electrons. The minimum Gasteiger partial charge on any atom is -0.488 e.